The van der Waals surface area contributed by atoms with Gasteiger partial charge in [-0.05, 0) is 24.6 Å². The fourth-order valence-electron chi connectivity index (χ4n) is 2.23. The molecule has 2 aromatic rings. The molecule has 110 valence electrons. The summed E-state index contributed by atoms with van der Waals surface area (Å²) in [6.07, 6.45) is 0.186. The second kappa shape index (κ2) is 7.14. The number of hydrogen-bond acceptors (Lipinski definition) is 3. The summed E-state index contributed by atoms with van der Waals surface area (Å²) in [6.45, 7) is 2.16. The van der Waals surface area contributed by atoms with Crippen LogP contribution in [0.1, 0.15) is 12.5 Å². The molecule has 0 N–H and O–H groups in total. The molecule has 0 amide bonds. The Morgan fingerprint density at radius 2 is 1.90 bits per heavy atom. The van der Waals surface area contributed by atoms with E-state index in [1.54, 1.807) is 14.0 Å². The first-order chi connectivity index (χ1) is 10.2. The second-order valence-electron chi connectivity index (χ2n) is 4.46. The molecule has 0 aromatic heterocycles. The minimum atomic E-state index is -0.265. The van der Waals surface area contributed by atoms with Gasteiger partial charge >= 0.3 is 5.97 Å². The maximum absolute atomic E-state index is 11.8. The van der Waals surface area contributed by atoms with Gasteiger partial charge < -0.3 is 9.47 Å². The van der Waals surface area contributed by atoms with Crippen LogP contribution in [0.5, 0.6) is 5.75 Å². The van der Waals surface area contributed by atoms with Crippen molar-refractivity contribution in [3.63, 3.8) is 0 Å². The highest BCUT2D eigenvalue weighted by molar-refractivity contribution is 6.33. The minimum absolute atomic E-state index is 0.186. The van der Waals surface area contributed by atoms with E-state index in [0.29, 0.717) is 17.4 Å². The molecular weight excluding hydrogens is 288 g/mol. The van der Waals surface area contributed by atoms with Crippen LogP contribution in [-0.4, -0.2) is 19.7 Å². The molecular formula is C17H17ClO3. The lowest BCUT2D eigenvalue weighted by Gasteiger charge is -2.15. The van der Waals surface area contributed by atoms with Crippen molar-refractivity contribution in [2.75, 3.05) is 13.7 Å². The number of carbonyl (C=O) groups is 1. The Labute approximate surface area is 129 Å². The van der Waals surface area contributed by atoms with Gasteiger partial charge in [0.2, 0.25) is 0 Å². The third kappa shape index (κ3) is 3.56. The molecule has 0 aliphatic carbocycles. The molecule has 2 aromatic carbocycles. The first kappa shape index (κ1) is 15.4. The quantitative estimate of drug-likeness (QED) is 0.779. The summed E-state index contributed by atoms with van der Waals surface area (Å²) < 4.78 is 10.5. The highest BCUT2D eigenvalue weighted by Gasteiger charge is 2.16. The standard InChI is InChI=1S/C17H17ClO3/c1-3-21-16(19)11-12-7-6-10-15(20-2)17(12)13-8-4-5-9-14(13)18/h4-10H,3,11H2,1-2H3. The van der Waals surface area contributed by atoms with Crippen molar-refractivity contribution in [2.24, 2.45) is 0 Å². The van der Waals surface area contributed by atoms with Gasteiger partial charge in [-0.3, -0.25) is 4.79 Å². The zero-order valence-corrected chi connectivity index (χ0v) is 12.8. The van der Waals surface area contributed by atoms with Gasteiger partial charge in [-0.25, -0.2) is 0 Å². The molecule has 4 heteroatoms. The Balaban J connectivity index is 2.52. The Morgan fingerprint density at radius 3 is 2.57 bits per heavy atom. The van der Waals surface area contributed by atoms with E-state index in [2.05, 4.69) is 0 Å². The van der Waals surface area contributed by atoms with Crippen molar-refractivity contribution >= 4 is 17.6 Å². The van der Waals surface area contributed by atoms with E-state index in [4.69, 9.17) is 21.1 Å². The summed E-state index contributed by atoms with van der Waals surface area (Å²) in [4.78, 5) is 11.8. The average molecular weight is 305 g/mol. The summed E-state index contributed by atoms with van der Waals surface area (Å²) in [5, 5.41) is 0.618. The van der Waals surface area contributed by atoms with Crippen LogP contribution >= 0.6 is 11.6 Å². The molecule has 0 aliphatic rings. The largest absolute Gasteiger partial charge is 0.496 e. The number of hydrogen-bond donors (Lipinski definition) is 0. The van der Waals surface area contributed by atoms with Crippen molar-refractivity contribution in [3.8, 4) is 16.9 Å². The molecule has 0 aliphatic heterocycles. The molecule has 0 heterocycles. The molecule has 0 radical (unpaired) electrons. The second-order valence-corrected chi connectivity index (χ2v) is 4.86. The van der Waals surface area contributed by atoms with Crippen molar-refractivity contribution in [2.45, 2.75) is 13.3 Å². The summed E-state index contributed by atoms with van der Waals surface area (Å²) >= 11 is 6.29. The van der Waals surface area contributed by atoms with Crippen molar-refractivity contribution in [1.82, 2.24) is 0 Å². The summed E-state index contributed by atoms with van der Waals surface area (Å²) in [5.41, 5.74) is 2.51. The van der Waals surface area contributed by atoms with Gasteiger partial charge in [-0.2, -0.15) is 0 Å². The predicted molar refractivity (Wildman–Crippen MR) is 83.8 cm³/mol. The Bertz CT molecular complexity index is 638. The van der Waals surface area contributed by atoms with Gasteiger partial charge in [0, 0.05) is 16.1 Å². The topological polar surface area (TPSA) is 35.5 Å². The molecule has 0 spiro atoms. The number of halogens is 1. The van der Waals surface area contributed by atoms with E-state index in [0.717, 1.165) is 16.7 Å². The summed E-state index contributed by atoms with van der Waals surface area (Å²) in [7, 11) is 1.60. The molecule has 21 heavy (non-hydrogen) atoms. The zero-order valence-electron chi connectivity index (χ0n) is 12.1. The lowest BCUT2D eigenvalue weighted by Crippen LogP contribution is -2.09. The molecule has 0 saturated heterocycles. The first-order valence-electron chi connectivity index (χ1n) is 6.73. The van der Waals surface area contributed by atoms with Crippen molar-refractivity contribution in [1.29, 1.82) is 0 Å². The summed E-state index contributed by atoms with van der Waals surface area (Å²) in [6, 6.07) is 13.1. The normalized spacial score (nSPS) is 10.2. The number of esters is 1. The third-order valence-electron chi connectivity index (χ3n) is 3.12. The van der Waals surface area contributed by atoms with Gasteiger partial charge in [-0.15, -0.1) is 0 Å². The van der Waals surface area contributed by atoms with Crippen LogP contribution in [0.3, 0.4) is 0 Å². The van der Waals surface area contributed by atoms with E-state index in [9.17, 15) is 4.79 Å². The highest BCUT2D eigenvalue weighted by Crippen LogP contribution is 2.37. The number of benzene rings is 2. The zero-order chi connectivity index (χ0) is 15.2. The molecule has 0 unspecified atom stereocenters. The van der Waals surface area contributed by atoms with Crippen molar-refractivity contribution in [3.05, 3.63) is 53.1 Å². The van der Waals surface area contributed by atoms with E-state index in [1.165, 1.54) is 0 Å². The number of methoxy groups -OCH3 is 1. The van der Waals surface area contributed by atoms with Gasteiger partial charge in [0.05, 0.1) is 20.1 Å². The van der Waals surface area contributed by atoms with Crippen molar-refractivity contribution < 1.29 is 14.3 Å². The van der Waals surface area contributed by atoms with Crippen LogP contribution in [0, 0.1) is 0 Å². The van der Waals surface area contributed by atoms with E-state index in [1.807, 2.05) is 42.5 Å². The fraction of sp³-hybridized carbons (Fsp3) is 0.235. The molecule has 0 fully saturated rings. The maximum Gasteiger partial charge on any atom is 0.310 e. The minimum Gasteiger partial charge on any atom is -0.496 e. The first-order valence-corrected chi connectivity index (χ1v) is 7.11. The Kier molecular flexibility index (Phi) is 5.23. The number of carbonyl (C=O) groups excluding carboxylic acids is 1. The van der Waals surface area contributed by atoms with Gasteiger partial charge in [0.25, 0.3) is 0 Å². The predicted octanol–water partition coefficient (Wildman–Crippen LogP) is 4.12. The lowest BCUT2D eigenvalue weighted by atomic mass is 9.96. The molecule has 0 saturated carbocycles. The van der Waals surface area contributed by atoms with E-state index < -0.39 is 0 Å². The van der Waals surface area contributed by atoms with E-state index in [-0.39, 0.29) is 12.4 Å². The highest BCUT2D eigenvalue weighted by atomic mass is 35.5. The van der Waals surface area contributed by atoms with Gasteiger partial charge in [0.15, 0.2) is 0 Å². The van der Waals surface area contributed by atoms with Crippen LogP contribution in [0.25, 0.3) is 11.1 Å². The fourth-order valence-corrected chi connectivity index (χ4v) is 2.46. The van der Waals surface area contributed by atoms with Crippen LogP contribution in [0.2, 0.25) is 5.02 Å². The third-order valence-corrected chi connectivity index (χ3v) is 3.45. The van der Waals surface area contributed by atoms with Crippen LogP contribution in [0.4, 0.5) is 0 Å². The smallest absolute Gasteiger partial charge is 0.310 e. The summed E-state index contributed by atoms with van der Waals surface area (Å²) in [5.74, 6) is 0.420. The maximum atomic E-state index is 11.8. The average Bonchev–Trinajstić information content (AvgIpc) is 2.48. The molecule has 0 bridgehead atoms. The van der Waals surface area contributed by atoms with Gasteiger partial charge in [0.1, 0.15) is 5.75 Å². The lowest BCUT2D eigenvalue weighted by molar-refractivity contribution is -0.142. The van der Waals surface area contributed by atoms with E-state index >= 15 is 0 Å². The Morgan fingerprint density at radius 1 is 1.14 bits per heavy atom. The number of ether oxygens (including phenoxy) is 2. The molecule has 0 atom stereocenters. The van der Waals surface area contributed by atoms with Crippen LogP contribution in [0.15, 0.2) is 42.5 Å². The molecule has 2 rings (SSSR count). The monoisotopic (exact) mass is 304 g/mol. The van der Waals surface area contributed by atoms with Crippen LogP contribution in [-0.2, 0) is 16.0 Å². The van der Waals surface area contributed by atoms with Gasteiger partial charge in [-0.1, -0.05) is 41.9 Å². The van der Waals surface area contributed by atoms with Crippen LogP contribution < -0.4 is 4.74 Å². The molecule has 3 nitrogen and oxygen atoms in total. The number of rotatable bonds is 5. The SMILES string of the molecule is CCOC(=O)Cc1cccc(OC)c1-c1ccccc1Cl. The Hall–Kier alpha value is -2.00.